The third-order valence-electron chi connectivity index (χ3n) is 1.73. The highest BCUT2D eigenvalue weighted by Gasteiger charge is 2.03. The number of hydrogen-bond donors (Lipinski definition) is 3. The minimum Gasteiger partial charge on any atom is -0.376 e. The van der Waals surface area contributed by atoms with Gasteiger partial charge in [-0.3, -0.25) is 10.1 Å². The van der Waals surface area contributed by atoms with Crippen LogP contribution in [0.3, 0.4) is 0 Å². The Kier molecular flexibility index (Phi) is 3.86. The molecule has 0 aromatic heterocycles. The molecule has 0 saturated heterocycles. The van der Waals surface area contributed by atoms with Gasteiger partial charge in [-0.05, 0) is 24.3 Å². The van der Waals surface area contributed by atoms with Gasteiger partial charge in [0.25, 0.3) is 0 Å². The Morgan fingerprint density at radius 3 is 2.44 bits per heavy atom. The van der Waals surface area contributed by atoms with Gasteiger partial charge in [0.2, 0.25) is 5.91 Å². The molecular formula is C10H10N4O2. The summed E-state index contributed by atoms with van der Waals surface area (Å²) in [5, 5.41) is 13.3. The van der Waals surface area contributed by atoms with Crippen LogP contribution in [0.25, 0.3) is 0 Å². The maximum atomic E-state index is 11.0. The zero-order chi connectivity index (χ0) is 12.0. The van der Waals surface area contributed by atoms with Gasteiger partial charge in [0.15, 0.2) is 0 Å². The summed E-state index contributed by atoms with van der Waals surface area (Å²) in [6, 6.07) is 7.66. The van der Waals surface area contributed by atoms with Crippen molar-refractivity contribution in [3.8, 4) is 6.07 Å². The highest BCUT2D eigenvalue weighted by atomic mass is 16.2. The summed E-state index contributed by atoms with van der Waals surface area (Å²) in [4.78, 5) is 21.4. The van der Waals surface area contributed by atoms with E-state index in [1.54, 1.807) is 24.3 Å². The molecule has 82 valence electrons. The Labute approximate surface area is 92.0 Å². The zero-order valence-electron chi connectivity index (χ0n) is 8.36. The van der Waals surface area contributed by atoms with Gasteiger partial charge in [-0.1, -0.05) is 0 Å². The van der Waals surface area contributed by atoms with Crippen LogP contribution in [0.4, 0.5) is 10.5 Å². The number of nitrogens with one attached hydrogen (secondary N) is 2. The van der Waals surface area contributed by atoms with Crippen molar-refractivity contribution in [1.82, 2.24) is 5.32 Å². The van der Waals surface area contributed by atoms with Gasteiger partial charge in [0.1, 0.15) is 0 Å². The fourth-order valence-electron chi connectivity index (χ4n) is 1.03. The Morgan fingerprint density at radius 1 is 1.31 bits per heavy atom. The Bertz CT molecular complexity index is 433. The van der Waals surface area contributed by atoms with Crippen LogP contribution in [-0.4, -0.2) is 18.5 Å². The number of benzene rings is 1. The van der Waals surface area contributed by atoms with Crippen LogP contribution >= 0.6 is 0 Å². The third-order valence-corrected chi connectivity index (χ3v) is 1.73. The lowest BCUT2D eigenvalue weighted by Crippen LogP contribution is -2.38. The van der Waals surface area contributed by atoms with Gasteiger partial charge in [0.05, 0.1) is 18.2 Å². The molecule has 1 aromatic rings. The smallest absolute Gasteiger partial charge is 0.318 e. The van der Waals surface area contributed by atoms with Crippen LogP contribution in [0.2, 0.25) is 0 Å². The topological polar surface area (TPSA) is 108 Å². The van der Waals surface area contributed by atoms with Crippen molar-refractivity contribution in [2.24, 2.45) is 5.73 Å². The van der Waals surface area contributed by atoms with Crippen LogP contribution in [0, 0.1) is 11.3 Å². The summed E-state index contributed by atoms with van der Waals surface area (Å²) in [5.41, 5.74) is 5.98. The third kappa shape index (κ3) is 3.67. The van der Waals surface area contributed by atoms with E-state index in [4.69, 9.17) is 11.0 Å². The number of amides is 3. The quantitative estimate of drug-likeness (QED) is 0.671. The number of nitrogens with two attached hydrogens (primary N) is 1. The molecule has 0 fully saturated rings. The molecule has 1 aromatic carbocycles. The predicted octanol–water partition coefficient (Wildman–Crippen LogP) is 0.165. The molecule has 0 heterocycles. The standard InChI is InChI=1S/C10H10N4O2/c11-5-7-1-3-8(4-2-7)13-6-9(15)14-10(12)16/h1-4,13H,6H2,(H3,12,14,15,16). The van der Waals surface area contributed by atoms with Gasteiger partial charge in [-0.2, -0.15) is 5.26 Å². The molecule has 4 N–H and O–H groups in total. The first-order valence-corrected chi connectivity index (χ1v) is 4.45. The summed E-state index contributed by atoms with van der Waals surface area (Å²) in [5.74, 6) is -0.517. The summed E-state index contributed by atoms with van der Waals surface area (Å²) < 4.78 is 0. The predicted molar refractivity (Wildman–Crippen MR) is 57.4 cm³/mol. The van der Waals surface area contributed by atoms with E-state index in [1.165, 1.54) is 0 Å². The first-order valence-electron chi connectivity index (χ1n) is 4.45. The van der Waals surface area contributed by atoms with Crippen LogP contribution in [0.15, 0.2) is 24.3 Å². The van der Waals surface area contributed by atoms with Crippen LogP contribution in [0.1, 0.15) is 5.56 Å². The molecule has 0 saturated carbocycles. The maximum Gasteiger partial charge on any atom is 0.318 e. The minimum absolute atomic E-state index is 0.0607. The number of hydrogen-bond acceptors (Lipinski definition) is 4. The first-order chi connectivity index (χ1) is 7.61. The molecule has 6 nitrogen and oxygen atoms in total. The molecule has 3 amide bonds. The van der Waals surface area contributed by atoms with Gasteiger partial charge in [-0.15, -0.1) is 0 Å². The second-order valence-corrected chi connectivity index (χ2v) is 2.96. The van der Waals surface area contributed by atoms with Crippen molar-refractivity contribution in [1.29, 1.82) is 5.26 Å². The van der Waals surface area contributed by atoms with Crippen molar-refractivity contribution >= 4 is 17.6 Å². The molecule has 0 bridgehead atoms. The molecule has 0 spiro atoms. The number of primary amides is 1. The Morgan fingerprint density at radius 2 is 1.94 bits per heavy atom. The van der Waals surface area contributed by atoms with Crippen molar-refractivity contribution in [2.45, 2.75) is 0 Å². The SMILES string of the molecule is N#Cc1ccc(NCC(=O)NC(N)=O)cc1. The fourth-order valence-corrected chi connectivity index (χ4v) is 1.03. The number of nitrogens with zero attached hydrogens (tertiary/aromatic N) is 1. The van der Waals surface area contributed by atoms with Crippen molar-refractivity contribution in [2.75, 3.05) is 11.9 Å². The molecule has 6 heteroatoms. The van der Waals surface area contributed by atoms with Gasteiger partial charge >= 0.3 is 6.03 Å². The number of imide groups is 1. The monoisotopic (exact) mass is 218 g/mol. The van der Waals surface area contributed by atoms with E-state index in [2.05, 4.69) is 5.32 Å². The molecule has 0 aliphatic heterocycles. The van der Waals surface area contributed by atoms with Crippen molar-refractivity contribution in [3.63, 3.8) is 0 Å². The average molecular weight is 218 g/mol. The molecule has 16 heavy (non-hydrogen) atoms. The number of carbonyl (C=O) groups is 2. The van der Waals surface area contributed by atoms with Crippen LogP contribution < -0.4 is 16.4 Å². The van der Waals surface area contributed by atoms with Gasteiger partial charge < -0.3 is 11.1 Å². The van der Waals surface area contributed by atoms with Crippen LogP contribution in [0.5, 0.6) is 0 Å². The van der Waals surface area contributed by atoms with Crippen molar-refractivity contribution in [3.05, 3.63) is 29.8 Å². The molecule has 1 rings (SSSR count). The number of urea groups is 1. The number of anilines is 1. The number of nitriles is 1. The Hall–Kier alpha value is -2.55. The summed E-state index contributed by atoms with van der Waals surface area (Å²) in [6.45, 7) is -0.0607. The summed E-state index contributed by atoms with van der Waals surface area (Å²) in [6.07, 6.45) is 0. The fraction of sp³-hybridized carbons (Fsp3) is 0.100. The number of carbonyl (C=O) groups excluding carboxylic acids is 2. The van der Waals surface area contributed by atoms with E-state index in [9.17, 15) is 9.59 Å². The minimum atomic E-state index is -0.883. The lowest BCUT2D eigenvalue weighted by atomic mass is 10.2. The highest BCUT2D eigenvalue weighted by Crippen LogP contribution is 2.07. The second kappa shape index (κ2) is 5.36. The molecule has 0 unspecified atom stereocenters. The molecule has 0 aliphatic rings. The highest BCUT2D eigenvalue weighted by molar-refractivity contribution is 5.95. The molecule has 0 atom stereocenters. The molecule has 0 aliphatic carbocycles. The zero-order valence-corrected chi connectivity index (χ0v) is 8.36. The average Bonchev–Trinajstić information content (AvgIpc) is 2.26. The lowest BCUT2D eigenvalue weighted by molar-refractivity contribution is -0.118. The van der Waals surface area contributed by atoms with E-state index in [0.717, 1.165) is 0 Å². The van der Waals surface area contributed by atoms with E-state index in [0.29, 0.717) is 11.3 Å². The maximum absolute atomic E-state index is 11.0. The van der Waals surface area contributed by atoms with Gasteiger partial charge in [0, 0.05) is 5.69 Å². The van der Waals surface area contributed by atoms with E-state index in [-0.39, 0.29) is 6.54 Å². The Balaban J connectivity index is 2.46. The largest absolute Gasteiger partial charge is 0.376 e. The number of rotatable bonds is 3. The second-order valence-electron chi connectivity index (χ2n) is 2.96. The first kappa shape index (κ1) is 11.5. The van der Waals surface area contributed by atoms with E-state index >= 15 is 0 Å². The lowest BCUT2D eigenvalue weighted by Gasteiger charge is -2.05. The summed E-state index contributed by atoms with van der Waals surface area (Å²) >= 11 is 0. The van der Waals surface area contributed by atoms with Crippen LogP contribution in [-0.2, 0) is 4.79 Å². The van der Waals surface area contributed by atoms with E-state index in [1.807, 2.05) is 11.4 Å². The summed E-state index contributed by atoms with van der Waals surface area (Å²) in [7, 11) is 0. The molecule has 0 radical (unpaired) electrons. The molecular weight excluding hydrogens is 208 g/mol. The normalized spacial score (nSPS) is 8.94. The van der Waals surface area contributed by atoms with Crippen molar-refractivity contribution < 1.29 is 9.59 Å². The van der Waals surface area contributed by atoms with Gasteiger partial charge in [-0.25, -0.2) is 4.79 Å². The van der Waals surface area contributed by atoms with E-state index < -0.39 is 11.9 Å².